The van der Waals surface area contributed by atoms with Crippen LogP contribution in [0.4, 0.5) is 0 Å². The van der Waals surface area contributed by atoms with Crippen molar-refractivity contribution in [3.05, 3.63) is 18.2 Å². The van der Waals surface area contributed by atoms with Crippen LogP contribution in [0.25, 0.3) is 0 Å². The summed E-state index contributed by atoms with van der Waals surface area (Å²) in [5, 5.41) is 6.89. The quantitative estimate of drug-likeness (QED) is 0.833. The summed E-state index contributed by atoms with van der Waals surface area (Å²) in [6, 6.07) is 0. The Morgan fingerprint density at radius 2 is 2.33 bits per heavy atom. The van der Waals surface area contributed by atoms with Gasteiger partial charge in [-0.15, -0.1) is 0 Å². The van der Waals surface area contributed by atoms with Crippen LogP contribution < -0.4 is 0 Å². The number of rotatable bonds is 3. The van der Waals surface area contributed by atoms with E-state index in [-0.39, 0.29) is 6.47 Å². The topological polar surface area (TPSA) is 78.5 Å². The number of aromatic nitrogens is 2. The van der Waals surface area contributed by atoms with Crippen LogP contribution in [0.1, 0.15) is 37.9 Å². The van der Waals surface area contributed by atoms with Crippen LogP contribution in [0.5, 0.6) is 0 Å². The number of nitrogens with one attached hydrogen (secondary N) is 1. The first-order chi connectivity index (χ1) is 10.2. The molecular weight excluding hydrogens is 270 g/mol. The van der Waals surface area contributed by atoms with Crippen LogP contribution in [-0.2, 0) is 16.1 Å². The Kier molecular flexibility index (Phi) is 5.76. The van der Waals surface area contributed by atoms with Gasteiger partial charge in [0.15, 0.2) is 0 Å². The molecule has 3 rings (SSSR count). The maximum atomic E-state index is 8.36. The SMILES string of the molecule is CO[C@@H]1CCC[C@]12CCCN(Cc1ncc[nH]1)C2.O=CO. The number of carboxylic acid groups (broad SMARTS) is 1. The van der Waals surface area contributed by atoms with Gasteiger partial charge < -0.3 is 14.8 Å². The summed E-state index contributed by atoms with van der Waals surface area (Å²) in [5.41, 5.74) is 0.416. The third-order valence-corrected chi connectivity index (χ3v) is 4.72. The average molecular weight is 295 g/mol. The average Bonchev–Trinajstić information content (AvgIpc) is 3.10. The van der Waals surface area contributed by atoms with Gasteiger partial charge in [-0.2, -0.15) is 0 Å². The molecule has 1 saturated heterocycles. The molecule has 1 aliphatic heterocycles. The number of hydrogen-bond acceptors (Lipinski definition) is 4. The molecule has 2 N–H and O–H groups in total. The first-order valence-corrected chi connectivity index (χ1v) is 7.55. The summed E-state index contributed by atoms with van der Waals surface area (Å²) < 4.78 is 5.74. The van der Waals surface area contributed by atoms with E-state index < -0.39 is 0 Å². The van der Waals surface area contributed by atoms with Gasteiger partial charge in [0.1, 0.15) is 5.82 Å². The molecule has 21 heavy (non-hydrogen) atoms. The molecule has 0 bridgehead atoms. The fourth-order valence-electron chi connectivity index (χ4n) is 3.93. The van der Waals surface area contributed by atoms with Crippen LogP contribution >= 0.6 is 0 Å². The molecule has 6 heteroatoms. The Balaban J connectivity index is 0.000000497. The molecule has 1 aromatic rings. The van der Waals surface area contributed by atoms with E-state index in [0.717, 1.165) is 12.4 Å². The van der Waals surface area contributed by atoms with Crippen molar-refractivity contribution in [2.75, 3.05) is 20.2 Å². The van der Waals surface area contributed by atoms with Gasteiger partial charge in [0.05, 0.1) is 12.6 Å². The van der Waals surface area contributed by atoms with Gasteiger partial charge in [-0.25, -0.2) is 4.98 Å². The Morgan fingerprint density at radius 3 is 3.00 bits per heavy atom. The lowest BCUT2D eigenvalue weighted by molar-refractivity contribution is -0.122. The lowest BCUT2D eigenvalue weighted by atomic mass is 9.76. The molecule has 1 aliphatic carbocycles. The van der Waals surface area contributed by atoms with Gasteiger partial charge in [-0.3, -0.25) is 9.69 Å². The van der Waals surface area contributed by atoms with E-state index in [9.17, 15) is 0 Å². The normalized spacial score (nSPS) is 29.1. The number of hydrogen-bond donors (Lipinski definition) is 2. The van der Waals surface area contributed by atoms with Crippen molar-refractivity contribution in [2.24, 2.45) is 5.41 Å². The molecule has 2 heterocycles. The zero-order valence-electron chi connectivity index (χ0n) is 12.6. The number of aromatic amines is 1. The van der Waals surface area contributed by atoms with Crippen LogP contribution in [0.3, 0.4) is 0 Å². The minimum Gasteiger partial charge on any atom is -0.483 e. The lowest BCUT2D eigenvalue weighted by Gasteiger charge is -2.43. The van der Waals surface area contributed by atoms with Crippen LogP contribution in [0, 0.1) is 5.41 Å². The molecule has 6 nitrogen and oxygen atoms in total. The summed E-state index contributed by atoms with van der Waals surface area (Å²) in [6.45, 7) is 3.07. The predicted octanol–water partition coefficient (Wildman–Crippen LogP) is 1.89. The highest BCUT2D eigenvalue weighted by atomic mass is 16.5. The Labute approximate surface area is 125 Å². The number of carbonyl (C=O) groups is 1. The smallest absolute Gasteiger partial charge is 0.290 e. The summed E-state index contributed by atoms with van der Waals surface area (Å²) in [7, 11) is 1.88. The van der Waals surface area contributed by atoms with E-state index >= 15 is 0 Å². The van der Waals surface area contributed by atoms with Crippen LogP contribution in [-0.4, -0.2) is 52.7 Å². The zero-order valence-corrected chi connectivity index (χ0v) is 12.6. The van der Waals surface area contributed by atoms with Gasteiger partial charge in [0.2, 0.25) is 0 Å². The van der Waals surface area contributed by atoms with Gasteiger partial charge in [-0.05, 0) is 32.2 Å². The van der Waals surface area contributed by atoms with Crippen molar-refractivity contribution >= 4 is 6.47 Å². The van der Waals surface area contributed by atoms with Crippen molar-refractivity contribution < 1.29 is 14.6 Å². The van der Waals surface area contributed by atoms with E-state index in [4.69, 9.17) is 14.6 Å². The van der Waals surface area contributed by atoms with Crippen LogP contribution in [0.2, 0.25) is 0 Å². The minimum absolute atomic E-state index is 0.250. The standard InChI is InChI=1S/C14H23N3O.CH2O2/c1-18-12-4-2-5-14(12)6-3-9-17(11-14)10-13-15-7-8-16-13;2-1-3/h7-8,12H,2-6,9-11H2,1H3,(H,15,16);1H,(H,2,3)/t12-,14-;/m1./s1. The van der Waals surface area contributed by atoms with Crippen molar-refractivity contribution in [3.63, 3.8) is 0 Å². The van der Waals surface area contributed by atoms with Gasteiger partial charge in [0, 0.05) is 31.5 Å². The summed E-state index contributed by atoms with van der Waals surface area (Å²) >= 11 is 0. The molecule has 2 fully saturated rings. The second-order valence-corrected chi connectivity index (χ2v) is 5.93. The summed E-state index contributed by atoms with van der Waals surface area (Å²) in [5.74, 6) is 1.08. The van der Waals surface area contributed by atoms with Crippen molar-refractivity contribution in [1.29, 1.82) is 0 Å². The zero-order chi connectivity index (χ0) is 15.1. The monoisotopic (exact) mass is 295 g/mol. The van der Waals surface area contributed by atoms with E-state index in [1.165, 1.54) is 45.2 Å². The molecule has 1 aromatic heterocycles. The van der Waals surface area contributed by atoms with E-state index in [1.54, 1.807) is 0 Å². The number of methoxy groups -OCH3 is 1. The van der Waals surface area contributed by atoms with E-state index in [2.05, 4.69) is 14.9 Å². The Morgan fingerprint density at radius 1 is 1.57 bits per heavy atom. The molecule has 0 unspecified atom stereocenters. The summed E-state index contributed by atoms with van der Waals surface area (Å²) in [6.07, 6.45) is 10.7. The number of H-pyrrole nitrogens is 1. The minimum atomic E-state index is -0.250. The number of nitrogens with zero attached hydrogens (tertiary/aromatic N) is 2. The Hall–Kier alpha value is -1.40. The largest absolute Gasteiger partial charge is 0.483 e. The second-order valence-electron chi connectivity index (χ2n) is 5.93. The first kappa shape index (κ1) is 16.0. The van der Waals surface area contributed by atoms with E-state index in [1.807, 2.05) is 19.5 Å². The number of likely N-dealkylation sites (tertiary alicyclic amines) is 1. The third kappa shape index (κ3) is 3.83. The van der Waals surface area contributed by atoms with E-state index in [0.29, 0.717) is 11.5 Å². The fourth-order valence-corrected chi connectivity index (χ4v) is 3.93. The molecule has 2 aliphatic rings. The second kappa shape index (κ2) is 7.56. The highest BCUT2D eigenvalue weighted by Crippen LogP contribution is 2.46. The molecule has 1 spiro atoms. The summed E-state index contributed by atoms with van der Waals surface area (Å²) in [4.78, 5) is 18.4. The maximum Gasteiger partial charge on any atom is 0.290 e. The highest BCUT2D eigenvalue weighted by Gasteiger charge is 2.45. The van der Waals surface area contributed by atoms with Gasteiger partial charge in [0.25, 0.3) is 6.47 Å². The Bertz CT molecular complexity index is 424. The molecular formula is C15H25N3O3. The lowest BCUT2D eigenvalue weighted by Crippen LogP contribution is -2.47. The predicted molar refractivity (Wildman–Crippen MR) is 78.9 cm³/mol. The fraction of sp³-hybridized carbons (Fsp3) is 0.733. The van der Waals surface area contributed by atoms with Crippen molar-refractivity contribution in [3.8, 4) is 0 Å². The highest BCUT2D eigenvalue weighted by molar-refractivity contribution is 5.32. The molecule has 0 radical (unpaired) electrons. The number of imidazole rings is 1. The number of ether oxygens (including phenoxy) is 1. The molecule has 0 amide bonds. The molecule has 0 aromatic carbocycles. The molecule has 2 atom stereocenters. The van der Waals surface area contributed by atoms with Crippen LogP contribution in [0.15, 0.2) is 12.4 Å². The maximum absolute atomic E-state index is 8.36. The first-order valence-electron chi connectivity index (χ1n) is 7.55. The van der Waals surface area contributed by atoms with Gasteiger partial charge in [-0.1, -0.05) is 6.42 Å². The molecule has 118 valence electrons. The van der Waals surface area contributed by atoms with Crippen molar-refractivity contribution in [2.45, 2.75) is 44.8 Å². The van der Waals surface area contributed by atoms with Gasteiger partial charge >= 0.3 is 0 Å². The van der Waals surface area contributed by atoms with Crippen molar-refractivity contribution in [1.82, 2.24) is 14.9 Å². The number of piperidine rings is 1. The third-order valence-electron chi connectivity index (χ3n) is 4.72. The molecule has 1 saturated carbocycles.